The van der Waals surface area contributed by atoms with Crippen molar-refractivity contribution in [2.24, 2.45) is 0 Å². The largest absolute Gasteiger partial charge is 0.496 e. The predicted octanol–water partition coefficient (Wildman–Crippen LogP) is 3.26. The highest BCUT2D eigenvalue weighted by molar-refractivity contribution is 5.36. The minimum Gasteiger partial charge on any atom is -0.496 e. The molecule has 0 saturated carbocycles. The Morgan fingerprint density at radius 2 is 1.81 bits per heavy atom. The molecule has 2 aliphatic rings. The summed E-state index contributed by atoms with van der Waals surface area (Å²) in [4.78, 5) is 13.4. The van der Waals surface area contributed by atoms with Gasteiger partial charge in [0.25, 0.3) is 6.47 Å². The molecule has 2 N–H and O–H groups in total. The Hall–Kier alpha value is -2.41. The van der Waals surface area contributed by atoms with E-state index >= 15 is 0 Å². The van der Waals surface area contributed by atoms with Gasteiger partial charge in [-0.25, -0.2) is 0 Å². The van der Waals surface area contributed by atoms with E-state index in [1.807, 2.05) is 18.2 Å². The van der Waals surface area contributed by atoms with Crippen LogP contribution in [0, 0.1) is 6.92 Å². The van der Waals surface area contributed by atoms with Gasteiger partial charge < -0.3 is 14.9 Å². The lowest BCUT2D eigenvalue weighted by Crippen LogP contribution is -2.60. The van der Waals surface area contributed by atoms with Gasteiger partial charge in [-0.05, 0) is 62.0 Å². The molecule has 0 radical (unpaired) electrons. The molecule has 2 fully saturated rings. The van der Waals surface area contributed by atoms with Crippen LogP contribution in [0.25, 0.3) is 0 Å². The second kappa shape index (κ2) is 10.8. The van der Waals surface area contributed by atoms with Crippen molar-refractivity contribution in [2.45, 2.75) is 44.4 Å². The number of hydrogen-bond acceptors (Lipinski definition) is 5. The Labute approximate surface area is 185 Å². The number of aliphatic hydroxyl groups is 1. The summed E-state index contributed by atoms with van der Waals surface area (Å²) >= 11 is 0. The highest BCUT2D eigenvalue weighted by Gasteiger charge is 2.46. The van der Waals surface area contributed by atoms with Crippen LogP contribution in [0.4, 0.5) is 0 Å². The molecule has 0 amide bonds. The van der Waals surface area contributed by atoms with Gasteiger partial charge in [0.05, 0.1) is 13.2 Å². The smallest absolute Gasteiger partial charge is 0.290 e. The molecular formula is C25H34N2O4. The average molecular weight is 427 g/mol. The van der Waals surface area contributed by atoms with E-state index in [-0.39, 0.29) is 12.5 Å². The van der Waals surface area contributed by atoms with Crippen molar-refractivity contribution in [3.63, 3.8) is 0 Å². The van der Waals surface area contributed by atoms with Crippen LogP contribution in [0.5, 0.6) is 5.75 Å². The topological polar surface area (TPSA) is 73.2 Å². The molecule has 0 bridgehead atoms. The molecule has 6 heteroatoms. The summed E-state index contributed by atoms with van der Waals surface area (Å²) in [5.74, 6) is 0.941. The fourth-order valence-electron chi connectivity index (χ4n) is 4.96. The number of hydrogen-bond donors (Lipinski definition) is 2. The molecule has 0 aromatic heterocycles. The Bertz CT molecular complexity index is 839. The van der Waals surface area contributed by atoms with E-state index < -0.39 is 5.60 Å². The molecule has 2 heterocycles. The van der Waals surface area contributed by atoms with Crippen molar-refractivity contribution >= 4 is 6.47 Å². The minimum absolute atomic E-state index is 0.144. The van der Waals surface area contributed by atoms with E-state index in [2.05, 4.69) is 47.1 Å². The number of aryl methyl sites for hydroxylation is 1. The van der Waals surface area contributed by atoms with E-state index in [0.29, 0.717) is 0 Å². The summed E-state index contributed by atoms with van der Waals surface area (Å²) in [6.07, 6.45) is 3.24. The third kappa shape index (κ3) is 5.45. The van der Waals surface area contributed by atoms with Crippen LogP contribution in [-0.4, -0.2) is 65.8 Å². The summed E-state index contributed by atoms with van der Waals surface area (Å²) in [5, 5.41) is 18.7. The molecule has 0 spiro atoms. The van der Waals surface area contributed by atoms with Crippen LogP contribution >= 0.6 is 0 Å². The van der Waals surface area contributed by atoms with Crippen LogP contribution in [0.3, 0.4) is 0 Å². The Kier molecular flexibility index (Phi) is 8.07. The van der Waals surface area contributed by atoms with Gasteiger partial charge in [-0.1, -0.05) is 42.5 Å². The maximum absolute atomic E-state index is 11.8. The first-order chi connectivity index (χ1) is 15.0. The average Bonchev–Trinajstić information content (AvgIpc) is 3.31. The fourth-order valence-corrected chi connectivity index (χ4v) is 4.96. The molecule has 2 aromatic carbocycles. The fraction of sp³-hybridized carbons (Fsp3) is 0.480. The first-order valence-corrected chi connectivity index (χ1v) is 11.0. The van der Waals surface area contributed by atoms with Crippen molar-refractivity contribution < 1.29 is 19.7 Å². The zero-order chi connectivity index (χ0) is 22.3. The molecule has 4 rings (SSSR count). The lowest BCUT2D eigenvalue weighted by Gasteiger charge is -2.48. The summed E-state index contributed by atoms with van der Waals surface area (Å²) in [7, 11) is 1.72. The summed E-state index contributed by atoms with van der Waals surface area (Å²) in [6.45, 7) is 6.75. The summed E-state index contributed by atoms with van der Waals surface area (Å²) < 4.78 is 5.40. The number of benzene rings is 2. The van der Waals surface area contributed by atoms with Crippen molar-refractivity contribution in [3.8, 4) is 5.75 Å². The van der Waals surface area contributed by atoms with Crippen molar-refractivity contribution in [1.82, 2.24) is 9.80 Å². The highest BCUT2D eigenvalue weighted by atomic mass is 16.5. The Balaban J connectivity index is 0.000000858. The van der Waals surface area contributed by atoms with Gasteiger partial charge in [-0.2, -0.15) is 0 Å². The number of rotatable bonds is 5. The van der Waals surface area contributed by atoms with Gasteiger partial charge in [0, 0.05) is 19.6 Å². The van der Waals surface area contributed by atoms with Gasteiger partial charge in [0.15, 0.2) is 0 Å². The lowest BCUT2D eigenvalue weighted by atomic mass is 9.79. The quantitative estimate of drug-likeness (QED) is 0.715. The molecule has 0 unspecified atom stereocenters. The monoisotopic (exact) mass is 426 g/mol. The van der Waals surface area contributed by atoms with Gasteiger partial charge in [-0.3, -0.25) is 14.6 Å². The second-order valence-corrected chi connectivity index (χ2v) is 8.44. The summed E-state index contributed by atoms with van der Waals surface area (Å²) in [6, 6.07) is 16.9. The minimum atomic E-state index is -0.766. The number of likely N-dealkylation sites (tertiary alicyclic amines) is 2. The number of nitrogens with zero attached hydrogens (tertiary/aromatic N) is 2. The van der Waals surface area contributed by atoms with Crippen molar-refractivity contribution in [2.75, 3.05) is 33.3 Å². The molecule has 2 atom stereocenters. The molecule has 31 heavy (non-hydrogen) atoms. The number of methoxy groups -OCH3 is 1. The maximum Gasteiger partial charge on any atom is 0.290 e. The van der Waals surface area contributed by atoms with Crippen molar-refractivity contribution in [1.29, 1.82) is 0 Å². The third-order valence-electron chi connectivity index (χ3n) is 6.51. The van der Waals surface area contributed by atoms with E-state index in [1.54, 1.807) is 7.11 Å². The molecule has 2 aliphatic heterocycles. The SMILES string of the molecule is COc1ccc(CN2CC[C@](O)(c3ccccc3)[C@H](N3CCCC3)C2)cc1C.O=CO. The van der Waals surface area contributed by atoms with Crippen LogP contribution < -0.4 is 4.74 Å². The van der Waals surface area contributed by atoms with E-state index in [9.17, 15) is 5.11 Å². The van der Waals surface area contributed by atoms with Gasteiger partial charge >= 0.3 is 0 Å². The number of carboxylic acid groups (broad SMARTS) is 1. The van der Waals surface area contributed by atoms with Crippen molar-refractivity contribution in [3.05, 3.63) is 65.2 Å². The maximum atomic E-state index is 11.8. The number of carbonyl (C=O) groups is 1. The molecule has 2 saturated heterocycles. The van der Waals surface area contributed by atoms with Crippen LogP contribution in [0.2, 0.25) is 0 Å². The first-order valence-electron chi connectivity index (χ1n) is 11.0. The lowest BCUT2D eigenvalue weighted by molar-refractivity contribution is -0.122. The zero-order valence-corrected chi connectivity index (χ0v) is 18.5. The normalized spacial score (nSPS) is 24.3. The molecular weight excluding hydrogens is 392 g/mol. The van der Waals surface area contributed by atoms with E-state index in [0.717, 1.165) is 50.5 Å². The number of piperidine rings is 1. The second-order valence-electron chi connectivity index (χ2n) is 8.44. The van der Waals surface area contributed by atoms with Gasteiger partial charge in [0.1, 0.15) is 11.4 Å². The standard InChI is InChI=1S/C24H32N2O2.CH2O2/c1-19-16-20(10-11-22(19)28-2)17-25-15-12-24(27,21-8-4-3-5-9-21)23(18-25)26-13-6-7-14-26;2-1-3/h3-5,8-11,16,23,27H,6-7,12-15,17-18H2,1-2H3;1H,(H,2,3)/t23-,24+;/m1./s1. The van der Waals surface area contributed by atoms with Crippen LogP contribution in [-0.2, 0) is 16.9 Å². The van der Waals surface area contributed by atoms with E-state index in [1.165, 1.54) is 24.0 Å². The Morgan fingerprint density at radius 3 is 2.42 bits per heavy atom. The molecule has 6 nitrogen and oxygen atoms in total. The highest BCUT2D eigenvalue weighted by Crippen LogP contribution is 2.37. The van der Waals surface area contributed by atoms with Gasteiger partial charge in [-0.15, -0.1) is 0 Å². The predicted molar refractivity (Wildman–Crippen MR) is 121 cm³/mol. The molecule has 168 valence electrons. The summed E-state index contributed by atoms with van der Waals surface area (Å²) in [5.41, 5.74) is 2.78. The Morgan fingerprint density at radius 1 is 1.13 bits per heavy atom. The molecule has 2 aromatic rings. The number of ether oxygens (including phenoxy) is 1. The van der Waals surface area contributed by atoms with E-state index in [4.69, 9.17) is 14.6 Å². The first kappa shape index (κ1) is 23.3. The third-order valence-corrected chi connectivity index (χ3v) is 6.51. The zero-order valence-electron chi connectivity index (χ0n) is 18.5. The molecule has 0 aliphatic carbocycles. The van der Waals surface area contributed by atoms with Crippen LogP contribution in [0.15, 0.2) is 48.5 Å². The van der Waals surface area contributed by atoms with Gasteiger partial charge in [0.2, 0.25) is 0 Å². The van der Waals surface area contributed by atoms with Crippen LogP contribution in [0.1, 0.15) is 36.0 Å².